The molecule has 0 radical (unpaired) electrons. The highest BCUT2D eigenvalue weighted by atomic mass is 35.5. The Hall–Kier alpha value is -2.92. The van der Waals surface area contributed by atoms with Crippen molar-refractivity contribution in [3.63, 3.8) is 0 Å². The van der Waals surface area contributed by atoms with Crippen molar-refractivity contribution in [3.05, 3.63) is 82.1 Å². The topological polar surface area (TPSA) is 70.3 Å². The Bertz CT molecular complexity index is 1450. The van der Waals surface area contributed by atoms with Gasteiger partial charge in [0.15, 0.2) is 11.3 Å². The summed E-state index contributed by atoms with van der Waals surface area (Å²) in [6, 6.07) is 16.2. The molecule has 1 unspecified atom stereocenters. The molecule has 2 aliphatic rings. The van der Waals surface area contributed by atoms with Crippen molar-refractivity contribution in [1.82, 2.24) is 24.6 Å². The van der Waals surface area contributed by atoms with Gasteiger partial charge in [0.25, 0.3) is 0 Å². The van der Waals surface area contributed by atoms with Crippen LogP contribution in [0.25, 0.3) is 11.2 Å². The van der Waals surface area contributed by atoms with Gasteiger partial charge in [-0.25, -0.2) is 14.6 Å². The fourth-order valence-electron chi connectivity index (χ4n) is 5.69. The van der Waals surface area contributed by atoms with Crippen molar-refractivity contribution in [2.45, 2.75) is 32.0 Å². The summed E-state index contributed by atoms with van der Waals surface area (Å²) in [6.07, 6.45) is -1.02. The molecule has 0 amide bonds. The fourth-order valence-corrected chi connectivity index (χ4v) is 6.25. The molecule has 2 saturated heterocycles. The number of aliphatic hydroxyl groups excluding tert-OH is 1. The lowest BCUT2D eigenvalue weighted by molar-refractivity contribution is -0.140. The highest BCUT2D eigenvalue weighted by Crippen LogP contribution is 2.38. The number of aliphatic hydroxyl groups is 1. The van der Waals surface area contributed by atoms with E-state index in [1.165, 1.54) is 10.9 Å². The van der Waals surface area contributed by atoms with Crippen LogP contribution in [0.5, 0.6) is 0 Å². The number of benzene rings is 2. The smallest absolute Gasteiger partial charge is 0.395 e. The first kappa shape index (κ1) is 30.5. The van der Waals surface area contributed by atoms with Crippen LogP contribution in [0.15, 0.2) is 60.8 Å². The third-order valence-electron chi connectivity index (χ3n) is 7.96. The number of piperidine rings is 1. The molecule has 2 aromatic heterocycles. The number of halogens is 5. The normalized spacial score (nSPS) is 18.8. The molecule has 4 aromatic rings. The monoisotopic (exact) mass is 620 g/mol. The van der Waals surface area contributed by atoms with E-state index in [2.05, 4.69) is 20.0 Å². The van der Waals surface area contributed by atoms with Crippen LogP contribution in [0.2, 0.25) is 10.0 Å². The minimum absolute atomic E-state index is 0.0635. The van der Waals surface area contributed by atoms with Gasteiger partial charge in [0.2, 0.25) is 0 Å². The predicted molar refractivity (Wildman–Crippen MR) is 159 cm³/mol. The maximum Gasteiger partial charge on any atom is 0.437 e. The van der Waals surface area contributed by atoms with Gasteiger partial charge in [-0.3, -0.25) is 0 Å². The average Bonchev–Trinajstić information content (AvgIpc) is 3.34. The maximum absolute atomic E-state index is 13.8. The van der Waals surface area contributed by atoms with Crippen LogP contribution < -0.4 is 4.90 Å². The van der Waals surface area contributed by atoms with Crippen molar-refractivity contribution >= 4 is 40.2 Å². The summed E-state index contributed by atoms with van der Waals surface area (Å²) in [4.78, 5) is 13.1. The Morgan fingerprint density at radius 1 is 1.02 bits per heavy atom. The van der Waals surface area contributed by atoms with Crippen LogP contribution in [0.1, 0.15) is 37.1 Å². The molecule has 1 N–H and O–H groups in total. The molecule has 224 valence electrons. The first-order valence-electron chi connectivity index (χ1n) is 14.0. The molecule has 0 bridgehead atoms. The summed E-state index contributed by atoms with van der Waals surface area (Å²) in [5.74, 6) is 1.55. The summed E-state index contributed by atoms with van der Waals surface area (Å²) in [6.45, 7) is 6.09. The molecule has 2 fully saturated rings. The number of hydrogen-bond acceptors (Lipinski definition) is 6. The molecule has 2 atom stereocenters. The third-order valence-corrected chi connectivity index (χ3v) is 8.53. The van der Waals surface area contributed by atoms with Crippen LogP contribution in [0.4, 0.5) is 19.0 Å². The number of alkyl halides is 3. The van der Waals surface area contributed by atoms with Gasteiger partial charge in [0, 0.05) is 36.2 Å². The second kappa shape index (κ2) is 13.2. The number of aromatic nitrogens is 4. The molecule has 12 heteroatoms. The van der Waals surface area contributed by atoms with Gasteiger partial charge < -0.3 is 14.9 Å². The van der Waals surface area contributed by atoms with Gasteiger partial charge in [-0.15, -0.1) is 0 Å². The molecule has 2 aromatic carbocycles. The predicted octanol–water partition coefficient (Wildman–Crippen LogP) is 6.59. The average molecular weight is 622 g/mol. The van der Waals surface area contributed by atoms with Crippen molar-refractivity contribution < 1.29 is 18.3 Å². The zero-order valence-electron chi connectivity index (χ0n) is 23.2. The summed E-state index contributed by atoms with van der Waals surface area (Å²) in [5, 5.41) is 13.9. The number of rotatable bonds is 6. The second-order valence-electron chi connectivity index (χ2n) is 10.8. The van der Waals surface area contributed by atoms with Gasteiger partial charge in [-0.05, 0) is 55.8 Å². The SMILES string of the molecule is CC(c1ccc(Cl)cc1Cl)n1nc(C(F)(F)F)c2ncc(N3CC([C@H]4CCCN(CCO)C4)C3)nc21.c1ccccc1. The quantitative estimate of drug-likeness (QED) is 0.262. The van der Waals surface area contributed by atoms with E-state index in [4.69, 9.17) is 23.2 Å². The summed E-state index contributed by atoms with van der Waals surface area (Å²) in [7, 11) is 0. The van der Waals surface area contributed by atoms with Crippen LogP contribution >= 0.6 is 23.2 Å². The van der Waals surface area contributed by atoms with E-state index in [0.717, 1.165) is 39.0 Å². The second-order valence-corrected chi connectivity index (χ2v) is 11.6. The number of nitrogens with zero attached hydrogens (tertiary/aromatic N) is 6. The number of anilines is 1. The van der Waals surface area contributed by atoms with Gasteiger partial charge in [-0.2, -0.15) is 18.3 Å². The van der Waals surface area contributed by atoms with Gasteiger partial charge in [0.05, 0.1) is 18.8 Å². The lowest BCUT2D eigenvalue weighted by atomic mass is 9.80. The molecule has 4 heterocycles. The van der Waals surface area contributed by atoms with E-state index >= 15 is 0 Å². The van der Waals surface area contributed by atoms with Crippen molar-refractivity contribution in [2.24, 2.45) is 11.8 Å². The van der Waals surface area contributed by atoms with Crippen LogP contribution in [-0.2, 0) is 6.18 Å². The Labute approximate surface area is 252 Å². The lowest BCUT2D eigenvalue weighted by Gasteiger charge is -2.47. The largest absolute Gasteiger partial charge is 0.437 e. The number of hydrogen-bond donors (Lipinski definition) is 1. The summed E-state index contributed by atoms with van der Waals surface area (Å²) >= 11 is 12.3. The Morgan fingerprint density at radius 2 is 1.71 bits per heavy atom. The molecule has 6 rings (SSSR count). The molecule has 0 saturated carbocycles. The Balaban J connectivity index is 0.000000524. The Morgan fingerprint density at radius 3 is 2.33 bits per heavy atom. The van der Waals surface area contributed by atoms with Crippen LogP contribution in [0, 0.1) is 11.8 Å². The zero-order chi connectivity index (χ0) is 29.9. The molecular weight excluding hydrogens is 588 g/mol. The molecular formula is C30H33Cl2F3N6O. The third kappa shape index (κ3) is 6.83. The lowest BCUT2D eigenvalue weighted by Crippen LogP contribution is -2.54. The number of likely N-dealkylation sites (tertiary alicyclic amines) is 1. The van der Waals surface area contributed by atoms with Gasteiger partial charge >= 0.3 is 6.18 Å². The van der Waals surface area contributed by atoms with E-state index in [9.17, 15) is 18.3 Å². The maximum atomic E-state index is 13.8. The van der Waals surface area contributed by atoms with E-state index in [1.54, 1.807) is 25.1 Å². The van der Waals surface area contributed by atoms with Gasteiger partial charge in [-0.1, -0.05) is 65.7 Å². The van der Waals surface area contributed by atoms with E-state index in [1.807, 2.05) is 41.3 Å². The molecule has 0 spiro atoms. The van der Waals surface area contributed by atoms with E-state index in [-0.39, 0.29) is 17.8 Å². The van der Waals surface area contributed by atoms with Gasteiger partial charge in [0.1, 0.15) is 11.3 Å². The minimum atomic E-state index is -4.67. The number of fused-ring (bicyclic) bond motifs is 1. The fraction of sp³-hybridized carbons (Fsp3) is 0.433. The van der Waals surface area contributed by atoms with Crippen molar-refractivity contribution in [3.8, 4) is 0 Å². The van der Waals surface area contributed by atoms with Crippen molar-refractivity contribution in [2.75, 3.05) is 44.2 Å². The molecule has 7 nitrogen and oxygen atoms in total. The summed E-state index contributed by atoms with van der Waals surface area (Å²) in [5.41, 5.74) is -0.706. The first-order chi connectivity index (χ1) is 20.2. The molecule has 2 aliphatic heterocycles. The standard InChI is InChI=1S/C24H27Cl2F3N6O.C6H6/c1-14(18-5-4-17(25)9-19(18)26)35-23-21(22(32-35)24(27,28)29)30-10-20(31-23)34-12-16(13-34)15-3-2-6-33(11-15)7-8-36;1-2-4-6-5-3-1/h4-5,9-10,14-16,36H,2-3,6-8,11-13H2,1H3;1-6H/t14?,15-;/m0./s1. The van der Waals surface area contributed by atoms with E-state index in [0.29, 0.717) is 39.8 Å². The highest BCUT2D eigenvalue weighted by molar-refractivity contribution is 6.35. The van der Waals surface area contributed by atoms with E-state index < -0.39 is 17.9 Å². The van der Waals surface area contributed by atoms with Crippen LogP contribution in [0.3, 0.4) is 0 Å². The highest BCUT2D eigenvalue weighted by Gasteiger charge is 2.40. The van der Waals surface area contributed by atoms with Crippen molar-refractivity contribution in [1.29, 1.82) is 0 Å². The number of β-amino-alcohol motifs (C(OH)–C–C–N with tert-alkyl or cyclic N) is 1. The molecule has 0 aliphatic carbocycles. The zero-order valence-corrected chi connectivity index (χ0v) is 24.7. The summed E-state index contributed by atoms with van der Waals surface area (Å²) < 4.78 is 42.6. The first-order valence-corrected chi connectivity index (χ1v) is 14.8. The van der Waals surface area contributed by atoms with Crippen LogP contribution in [-0.4, -0.2) is 69.1 Å². The Kier molecular flexibility index (Phi) is 9.57. The molecule has 42 heavy (non-hydrogen) atoms. The minimum Gasteiger partial charge on any atom is -0.395 e.